The van der Waals surface area contributed by atoms with Gasteiger partial charge in [0, 0.05) is 0 Å². The van der Waals surface area contributed by atoms with E-state index < -0.39 is 0 Å². The van der Waals surface area contributed by atoms with E-state index in [0.717, 1.165) is 18.3 Å². The van der Waals surface area contributed by atoms with Gasteiger partial charge in [0.15, 0.2) is 0 Å². The molecule has 0 heterocycles. The number of rotatable bonds is 6. The monoisotopic (exact) mass is 264 g/mol. The largest absolute Gasteiger partial charge is 0.493 e. The van der Waals surface area contributed by atoms with Gasteiger partial charge in [-0.2, -0.15) is 0 Å². The minimum atomic E-state index is -0.205. The van der Waals surface area contributed by atoms with E-state index in [1.807, 2.05) is 0 Å². The molecule has 0 atom stereocenters. The van der Waals surface area contributed by atoms with Crippen LogP contribution in [0, 0.1) is 17.7 Å². The second-order valence-corrected chi connectivity index (χ2v) is 5.79. The van der Waals surface area contributed by atoms with Crippen molar-refractivity contribution in [1.29, 1.82) is 0 Å². The van der Waals surface area contributed by atoms with Crippen molar-refractivity contribution in [2.24, 2.45) is 11.8 Å². The maximum absolute atomic E-state index is 12.8. The summed E-state index contributed by atoms with van der Waals surface area (Å²) in [7, 11) is 0. The summed E-state index contributed by atoms with van der Waals surface area (Å²) < 4.78 is 18.5. The quantitative estimate of drug-likeness (QED) is 0.686. The predicted octanol–water partition coefficient (Wildman–Crippen LogP) is 5.20. The van der Waals surface area contributed by atoms with Gasteiger partial charge in [-0.05, 0) is 48.9 Å². The Balaban J connectivity index is 1.67. The van der Waals surface area contributed by atoms with Gasteiger partial charge in [0.2, 0.25) is 0 Å². The lowest BCUT2D eigenvalue weighted by molar-refractivity contribution is 0.178. The molecule has 2 heteroatoms. The zero-order chi connectivity index (χ0) is 13.5. The van der Waals surface area contributed by atoms with Crippen LogP contribution in [0.25, 0.3) is 0 Å². The van der Waals surface area contributed by atoms with E-state index in [1.165, 1.54) is 57.1 Å². The normalized spacial score (nSPS) is 23.3. The third-order valence-corrected chi connectivity index (χ3v) is 4.23. The number of hydrogen-bond donors (Lipinski definition) is 0. The van der Waals surface area contributed by atoms with Crippen molar-refractivity contribution in [3.8, 4) is 5.75 Å². The molecule has 1 aliphatic rings. The summed E-state index contributed by atoms with van der Waals surface area (Å²) in [4.78, 5) is 0. The van der Waals surface area contributed by atoms with Crippen molar-refractivity contribution >= 4 is 0 Å². The standard InChI is InChI=1S/C17H25FO/c1-2-3-4-14-5-7-15(8-6-14)13-19-17-11-9-16(18)10-12-17/h9-12,14-15H,2-8,13H2,1H3. The van der Waals surface area contributed by atoms with E-state index in [4.69, 9.17) is 4.74 Å². The van der Waals surface area contributed by atoms with Crippen LogP contribution in [0.3, 0.4) is 0 Å². The summed E-state index contributed by atoms with van der Waals surface area (Å²) >= 11 is 0. The first-order valence-corrected chi connectivity index (χ1v) is 7.66. The molecule has 1 saturated carbocycles. The van der Waals surface area contributed by atoms with E-state index >= 15 is 0 Å². The average Bonchev–Trinajstić information content (AvgIpc) is 2.46. The number of unbranched alkanes of at least 4 members (excludes halogenated alkanes) is 1. The fourth-order valence-corrected chi connectivity index (χ4v) is 2.92. The second kappa shape index (κ2) is 7.52. The Kier molecular flexibility index (Phi) is 5.68. The van der Waals surface area contributed by atoms with Crippen LogP contribution >= 0.6 is 0 Å². The van der Waals surface area contributed by atoms with Gasteiger partial charge in [0.25, 0.3) is 0 Å². The molecule has 0 bridgehead atoms. The lowest BCUT2D eigenvalue weighted by atomic mass is 9.80. The van der Waals surface area contributed by atoms with E-state index in [9.17, 15) is 4.39 Å². The molecule has 0 saturated heterocycles. The summed E-state index contributed by atoms with van der Waals surface area (Å²) in [5.41, 5.74) is 0. The Morgan fingerprint density at radius 1 is 1.05 bits per heavy atom. The Labute approximate surface area is 116 Å². The molecule has 1 aromatic rings. The molecular weight excluding hydrogens is 239 g/mol. The maximum Gasteiger partial charge on any atom is 0.123 e. The lowest BCUT2D eigenvalue weighted by Gasteiger charge is -2.28. The van der Waals surface area contributed by atoms with Crippen molar-refractivity contribution in [3.05, 3.63) is 30.1 Å². The Morgan fingerprint density at radius 2 is 1.68 bits per heavy atom. The van der Waals surface area contributed by atoms with Gasteiger partial charge in [0.1, 0.15) is 11.6 Å². The molecule has 0 aromatic heterocycles. The summed E-state index contributed by atoms with van der Waals surface area (Å²) in [6.45, 7) is 3.05. The molecule has 1 nitrogen and oxygen atoms in total. The predicted molar refractivity (Wildman–Crippen MR) is 76.9 cm³/mol. The highest BCUT2D eigenvalue weighted by Crippen LogP contribution is 2.32. The highest BCUT2D eigenvalue weighted by atomic mass is 19.1. The van der Waals surface area contributed by atoms with Crippen LogP contribution in [0.15, 0.2) is 24.3 Å². The van der Waals surface area contributed by atoms with E-state index in [0.29, 0.717) is 5.92 Å². The van der Waals surface area contributed by atoms with Gasteiger partial charge in [-0.25, -0.2) is 4.39 Å². The van der Waals surface area contributed by atoms with Crippen LogP contribution in [-0.4, -0.2) is 6.61 Å². The van der Waals surface area contributed by atoms with Gasteiger partial charge < -0.3 is 4.74 Å². The van der Waals surface area contributed by atoms with Gasteiger partial charge in [-0.1, -0.05) is 39.0 Å². The minimum Gasteiger partial charge on any atom is -0.493 e. The molecule has 2 rings (SSSR count). The van der Waals surface area contributed by atoms with Crippen LogP contribution in [0.5, 0.6) is 5.75 Å². The van der Waals surface area contributed by atoms with Crippen LogP contribution in [-0.2, 0) is 0 Å². The zero-order valence-corrected chi connectivity index (χ0v) is 11.9. The van der Waals surface area contributed by atoms with E-state index in [2.05, 4.69) is 6.92 Å². The van der Waals surface area contributed by atoms with Crippen LogP contribution in [0.4, 0.5) is 4.39 Å². The molecule has 19 heavy (non-hydrogen) atoms. The summed E-state index contributed by atoms with van der Waals surface area (Å²) in [5.74, 6) is 2.21. The van der Waals surface area contributed by atoms with Crippen molar-refractivity contribution in [3.63, 3.8) is 0 Å². The fourth-order valence-electron chi connectivity index (χ4n) is 2.92. The van der Waals surface area contributed by atoms with Crippen LogP contribution < -0.4 is 4.74 Å². The van der Waals surface area contributed by atoms with Crippen LogP contribution in [0.1, 0.15) is 51.9 Å². The SMILES string of the molecule is CCCCC1CCC(COc2ccc(F)cc2)CC1. The fraction of sp³-hybridized carbons (Fsp3) is 0.647. The Bertz CT molecular complexity index is 352. The van der Waals surface area contributed by atoms with E-state index in [1.54, 1.807) is 12.1 Å². The lowest BCUT2D eigenvalue weighted by Crippen LogP contribution is -2.20. The first kappa shape index (κ1) is 14.4. The number of halogens is 1. The highest BCUT2D eigenvalue weighted by Gasteiger charge is 2.21. The minimum absolute atomic E-state index is 0.205. The summed E-state index contributed by atoms with van der Waals surface area (Å²) in [6, 6.07) is 6.33. The molecule has 106 valence electrons. The van der Waals surface area contributed by atoms with Gasteiger partial charge >= 0.3 is 0 Å². The maximum atomic E-state index is 12.8. The molecule has 0 radical (unpaired) electrons. The number of benzene rings is 1. The molecule has 0 N–H and O–H groups in total. The summed E-state index contributed by atoms with van der Waals surface area (Å²) in [6.07, 6.45) is 9.39. The highest BCUT2D eigenvalue weighted by molar-refractivity contribution is 5.22. The summed E-state index contributed by atoms with van der Waals surface area (Å²) in [5, 5.41) is 0. The molecule has 0 amide bonds. The molecule has 0 spiro atoms. The van der Waals surface area contributed by atoms with Gasteiger partial charge in [-0.3, -0.25) is 0 Å². The average molecular weight is 264 g/mol. The first-order chi connectivity index (χ1) is 9.28. The molecule has 0 aliphatic heterocycles. The van der Waals surface area contributed by atoms with Gasteiger partial charge in [0.05, 0.1) is 6.61 Å². The molecular formula is C17H25FO. The Hall–Kier alpha value is -1.05. The van der Waals surface area contributed by atoms with Crippen molar-refractivity contribution in [2.45, 2.75) is 51.9 Å². The topological polar surface area (TPSA) is 9.23 Å². The zero-order valence-electron chi connectivity index (χ0n) is 11.9. The number of hydrogen-bond acceptors (Lipinski definition) is 1. The second-order valence-electron chi connectivity index (χ2n) is 5.79. The van der Waals surface area contributed by atoms with Crippen molar-refractivity contribution < 1.29 is 9.13 Å². The number of ether oxygens (including phenoxy) is 1. The van der Waals surface area contributed by atoms with Crippen LogP contribution in [0.2, 0.25) is 0 Å². The van der Waals surface area contributed by atoms with Gasteiger partial charge in [-0.15, -0.1) is 0 Å². The smallest absolute Gasteiger partial charge is 0.123 e. The molecule has 1 aromatic carbocycles. The molecule has 1 fully saturated rings. The van der Waals surface area contributed by atoms with Crippen molar-refractivity contribution in [1.82, 2.24) is 0 Å². The third kappa shape index (κ3) is 4.85. The molecule has 0 unspecified atom stereocenters. The Morgan fingerprint density at radius 3 is 2.32 bits per heavy atom. The first-order valence-electron chi connectivity index (χ1n) is 7.66. The molecule has 1 aliphatic carbocycles. The third-order valence-electron chi connectivity index (χ3n) is 4.23. The van der Waals surface area contributed by atoms with E-state index in [-0.39, 0.29) is 5.82 Å². The van der Waals surface area contributed by atoms with Crippen molar-refractivity contribution in [2.75, 3.05) is 6.61 Å².